The maximum atomic E-state index is 13.0. The van der Waals surface area contributed by atoms with Crippen LogP contribution in [0.5, 0.6) is 11.5 Å². The van der Waals surface area contributed by atoms with E-state index in [1.165, 1.54) is 0 Å². The van der Waals surface area contributed by atoms with Crippen LogP contribution in [0.1, 0.15) is 35.7 Å². The lowest BCUT2D eigenvalue weighted by Crippen LogP contribution is -2.30. The summed E-state index contributed by atoms with van der Waals surface area (Å²) in [6.45, 7) is 2.73. The molecule has 3 aromatic carbocycles. The minimum atomic E-state index is -0.426. The quantitative estimate of drug-likeness (QED) is 0.329. The molecule has 0 atom stereocenters. The molecule has 0 aliphatic carbocycles. The van der Waals surface area contributed by atoms with Gasteiger partial charge in [-0.2, -0.15) is 0 Å². The van der Waals surface area contributed by atoms with Crippen molar-refractivity contribution < 1.29 is 19.1 Å². The Kier molecular flexibility index (Phi) is 8.65. The zero-order valence-corrected chi connectivity index (χ0v) is 18.8. The number of carbonyl (C=O) groups excluding carboxylic acids is 2. The molecular weight excluding hydrogens is 416 g/mol. The molecule has 2 amide bonds. The third-order valence-corrected chi connectivity index (χ3v) is 4.83. The highest BCUT2D eigenvalue weighted by atomic mass is 16.5. The summed E-state index contributed by atoms with van der Waals surface area (Å²) in [7, 11) is 1.59. The maximum absolute atomic E-state index is 13.0. The Labute approximate surface area is 194 Å². The molecular formula is C27H28N2O4. The van der Waals surface area contributed by atoms with E-state index in [4.69, 9.17) is 9.47 Å². The maximum Gasteiger partial charge on any atom is 0.272 e. The molecule has 0 bridgehead atoms. The average molecular weight is 445 g/mol. The van der Waals surface area contributed by atoms with Crippen LogP contribution < -0.4 is 20.1 Å². The number of anilines is 1. The number of carbonyl (C=O) groups is 2. The molecule has 3 aromatic rings. The molecule has 0 saturated carbocycles. The normalized spacial score (nSPS) is 10.9. The number of hydrogen-bond acceptors (Lipinski definition) is 4. The van der Waals surface area contributed by atoms with Crippen LogP contribution >= 0.6 is 0 Å². The summed E-state index contributed by atoms with van der Waals surface area (Å²) < 4.78 is 10.8. The summed E-state index contributed by atoms with van der Waals surface area (Å²) >= 11 is 0. The van der Waals surface area contributed by atoms with Crippen LogP contribution in [0.25, 0.3) is 6.08 Å². The van der Waals surface area contributed by atoms with Gasteiger partial charge in [-0.15, -0.1) is 0 Å². The topological polar surface area (TPSA) is 76.7 Å². The van der Waals surface area contributed by atoms with Crippen molar-refractivity contribution in [2.45, 2.75) is 19.8 Å². The second kappa shape index (κ2) is 12.1. The van der Waals surface area contributed by atoms with Gasteiger partial charge >= 0.3 is 0 Å². The Morgan fingerprint density at radius 2 is 1.55 bits per heavy atom. The number of nitrogens with one attached hydrogen (secondary N) is 2. The number of amides is 2. The van der Waals surface area contributed by atoms with E-state index in [0.717, 1.165) is 18.4 Å². The Morgan fingerprint density at radius 1 is 0.879 bits per heavy atom. The Balaban J connectivity index is 1.78. The van der Waals surface area contributed by atoms with Crippen molar-refractivity contribution in [1.29, 1.82) is 0 Å². The van der Waals surface area contributed by atoms with Crippen molar-refractivity contribution in [3.63, 3.8) is 0 Å². The predicted molar refractivity (Wildman–Crippen MR) is 130 cm³/mol. The molecule has 0 heterocycles. The molecule has 2 N–H and O–H groups in total. The van der Waals surface area contributed by atoms with Crippen LogP contribution in [-0.2, 0) is 4.79 Å². The average Bonchev–Trinajstić information content (AvgIpc) is 2.85. The van der Waals surface area contributed by atoms with Crippen molar-refractivity contribution in [2.24, 2.45) is 0 Å². The lowest BCUT2D eigenvalue weighted by molar-refractivity contribution is -0.113. The molecule has 33 heavy (non-hydrogen) atoms. The second-order valence-electron chi connectivity index (χ2n) is 7.33. The van der Waals surface area contributed by atoms with Gasteiger partial charge in [-0.25, -0.2) is 0 Å². The molecule has 170 valence electrons. The number of hydrogen-bond donors (Lipinski definition) is 2. The molecule has 0 aliphatic rings. The lowest BCUT2D eigenvalue weighted by Gasteiger charge is -2.12. The van der Waals surface area contributed by atoms with Crippen LogP contribution in [0.2, 0.25) is 0 Å². The first-order chi connectivity index (χ1) is 16.1. The van der Waals surface area contributed by atoms with Crippen LogP contribution in [-0.4, -0.2) is 25.5 Å². The Bertz CT molecular complexity index is 1080. The molecule has 0 aliphatic heterocycles. The highest BCUT2D eigenvalue weighted by Crippen LogP contribution is 2.16. The van der Waals surface area contributed by atoms with Crippen molar-refractivity contribution in [2.75, 3.05) is 19.0 Å². The highest BCUT2D eigenvalue weighted by molar-refractivity contribution is 6.10. The largest absolute Gasteiger partial charge is 0.497 e. The monoisotopic (exact) mass is 444 g/mol. The van der Waals surface area contributed by atoms with E-state index in [9.17, 15) is 9.59 Å². The van der Waals surface area contributed by atoms with E-state index in [2.05, 4.69) is 17.6 Å². The molecule has 0 saturated heterocycles. The van der Waals surface area contributed by atoms with Crippen LogP contribution in [0, 0.1) is 0 Å². The number of benzene rings is 3. The molecule has 0 aromatic heterocycles. The molecule has 0 radical (unpaired) electrons. The van der Waals surface area contributed by atoms with Crippen LogP contribution in [0.15, 0.2) is 84.6 Å². The minimum Gasteiger partial charge on any atom is -0.497 e. The van der Waals surface area contributed by atoms with Crippen LogP contribution in [0.4, 0.5) is 5.69 Å². The van der Waals surface area contributed by atoms with Gasteiger partial charge in [-0.1, -0.05) is 43.7 Å². The zero-order valence-electron chi connectivity index (χ0n) is 18.8. The van der Waals surface area contributed by atoms with E-state index in [0.29, 0.717) is 29.4 Å². The summed E-state index contributed by atoms with van der Waals surface area (Å²) in [5.74, 6) is 0.589. The Hall–Kier alpha value is -4.06. The van der Waals surface area contributed by atoms with Gasteiger partial charge in [0.05, 0.1) is 13.7 Å². The molecule has 0 fully saturated rings. The van der Waals surface area contributed by atoms with E-state index in [1.54, 1.807) is 61.7 Å². The lowest BCUT2D eigenvalue weighted by atomic mass is 10.1. The van der Waals surface area contributed by atoms with Crippen molar-refractivity contribution in [3.05, 3.63) is 95.7 Å². The first kappa shape index (κ1) is 23.6. The van der Waals surface area contributed by atoms with Crippen molar-refractivity contribution in [1.82, 2.24) is 5.32 Å². The van der Waals surface area contributed by atoms with Crippen LogP contribution in [0.3, 0.4) is 0 Å². The van der Waals surface area contributed by atoms with Gasteiger partial charge in [0.15, 0.2) is 0 Å². The third-order valence-electron chi connectivity index (χ3n) is 4.83. The highest BCUT2D eigenvalue weighted by Gasteiger charge is 2.15. The fourth-order valence-electron chi connectivity index (χ4n) is 2.98. The minimum absolute atomic E-state index is 0.122. The smallest absolute Gasteiger partial charge is 0.272 e. The molecule has 3 rings (SSSR count). The zero-order chi connectivity index (χ0) is 23.5. The SMILES string of the molecule is CCCCOc1ccc(C(=O)N/C(=C/c2ccc(OC)cc2)C(=O)Nc2ccccc2)cc1. The number of methoxy groups -OCH3 is 1. The fraction of sp³-hybridized carbons (Fsp3) is 0.185. The fourth-order valence-corrected chi connectivity index (χ4v) is 2.98. The van der Waals surface area contributed by atoms with E-state index >= 15 is 0 Å². The third kappa shape index (κ3) is 7.25. The Morgan fingerprint density at radius 3 is 2.18 bits per heavy atom. The van der Waals surface area contributed by atoms with Gasteiger partial charge in [-0.05, 0) is 66.6 Å². The van der Waals surface area contributed by atoms with Gasteiger partial charge in [-0.3, -0.25) is 9.59 Å². The number of unbranched alkanes of at least 4 members (excludes halogenated alkanes) is 1. The standard InChI is InChI=1S/C27H28N2O4/c1-3-4-18-33-24-16-12-21(13-17-24)26(30)29-25(19-20-10-14-23(32-2)15-11-20)27(31)28-22-8-6-5-7-9-22/h5-17,19H,3-4,18H2,1-2H3,(H,28,31)(H,29,30)/b25-19+. The molecule has 0 spiro atoms. The van der Waals surface area contributed by atoms with Gasteiger partial charge in [0.2, 0.25) is 0 Å². The predicted octanol–water partition coefficient (Wildman–Crippen LogP) is 5.28. The number of para-hydroxylation sites is 1. The summed E-state index contributed by atoms with van der Waals surface area (Å²) in [5, 5.41) is 5.55. The molecule has 6 nitrogen and oxygen atoms in total. The molecule has 6 heteroatoms. The number of rotatable bonds is 10. The summed E-state index contributed by atoms with van der Waals surface area (Å²) in [5.41, 5.74) is 1.92. The first-order valence-electron chi connectivity index (χ1n) is 10.9. The van der Waals surface area contributed by atoms with E-state index in [1.807, 2.05) is 30.3 Å². The van der Waals surface area contributed by atoms with Gasteiger partial charge in [0, 0.05) is 11.3 Å². The second-order valence-corrected chi connectivity index (χ2v) is 7.33. The molecule has 0 unspecified atom stereocenters. The summed E-state index contributed by atoms with van der Waals surface area (Å²) in [6, 6.07) is 23.1. The van der Waals surface area contributed by atoms with E-state index < -0.39 is 11.8 Å². The van der Waals surface area contributed by atoms with Crippen molar-refractivity contribution >= 4 is 23.6 Å². The summed E-state index contributed by atoms with van der Waals surface area (Å²) in [4.78, 5) is 25.9. The summed E-state index contributed by atoms with van der Waals surface area (Å²) in [6.07, 6.45) is 3.64. The van der Waals surface area contributed by atoms with Gasteiger partial charge < -0.3 is 20.1 Å². The van der Waals surface area contributed by atoms with E-state index in [-0.39, 0.29) is 5.70 Å². The van der Waals surface area contributed by atoms with Crippen molar-refractivity contribution in [3.8, 4) is 11.5 Å². The van der Waals surface area contributed by atoms with Gasteiger partial charge in [0.25, 0.3) is 11.8 Å². The number of ether oxygens (including phenoxy) is 2. The van der Waals surface area contributed by atoms with Gasteiger partial charge in [0.1, 0.15) is 17.2 Å². The first-order valence-corrected chi connectivity index (χ1v) is 10.9.